The lowest BCUT2D eigenvalue weighted by Crippen LogP contribution is -2.26. The van der Waals surface area contributed by atoms with Crippen LogP contribution in [0, 0.1) is 0 Å². The summed E-state index contributed by atoms with van der Waals surface area (Å²) in [5, 5.41) is 12.0. The van der Waals surface area contributed by atoms with Gasteiger partial charge in [0, 0.05) is 16.5 Å². The highest BCUT2D eigenvalue weighted by atomic mass is 35.5. The third-order valence-electron chi connectivity index (χ3n) is 3.47. The van der Waals surface area contributed by atoms with E-state index in [1.807, 2.05) is 25.1 Å². The predicted molar refractivity (Wildman–Crippen MR) is 103 cm³/mol. The molecule has 0 saturated heterocycles. The Kier molecular flexibility index (Phi) is 7.81. The maximum Gasteiger partial charge on any atom is 0.341 e. The van der Waals surface area contributed by atoms with Gasteiger partial charge >= 0.3 is 5.97 Å². The summed E-state index contributed by atoms with van der Waals surface area (Å²) >= 11 is 7.62. The van der Waals surface area contributed by atoms with E-state index in [2.05, 4.69) is 5.32 Å². The normalized spacial score (nSPS) is 10.4. The van der Waals surface area contributed by atoms with Crippen LogP contribution < -0.4 is 10.1 Å². The summed E-state index contributed by atoms with van der Waals surface area (Å²) in [7, 11) is 0. The number of halogens is 1. The quantitative estimate of drug-likeness (QED) is 0.632. The number of amides is 1. The van der Waals surface area contributed by atoms with Gasteiger partial charge in [0.05, 0.1) is 5.56 Å². The van der Waals surface area contributed by atoms with Crippen LogP contribution in [0.15, 0.2) is 47.4 Å². The number of thioether (sulfide) groups is 1. The number of ether oxygens (including phenoxy) is 1. The molecule has 2 aromatic rings. The number of carboxylic acids is 1. The molecule has 0 radical (unpaired) electrons. The lowest BCUT2D eigenvalue weighted by Gasteiger charge is -2.10. The minimum atomic E-state index is -1.02. The topological polar surface area (TPSA) is 75.6 Å². The minimum Gasteiger partial charge on any atom is -0.482 e. The molecule has 2 rings (SSSR count). The molecular weight excluding hydrogens is 374 g/mol. The molecule has 0 aromatic heterocycles. The van der Waals surface area contributed by atoms with Crippen molar-refractivity contribution >= 4 is 35.2 Å². The number of hydrogen-bond acceptors (Lipinski definition) is 4. The molecule has 7 heteroatoms. The smallest absolute Gasteiger partial charge is 0.341 e. The molecule has 5 nitrogen and oxygen atoms in total. The first-order valence-corrected chi connectivity index (χ1v) is 9.50. The Labute approximate surface area is 161 Å². The van der Waals surface area contributed by atoms with E-state index < -0.39 is 5.97 Å². The van der Waals surface area contributed by atoms with Crippen molar-refractivity contribution in [3.05, 3.63) is 58.6 Å². The van der Waals surface area contributed by atoms with E-state index in [-0.39, 0.29) is 12.5 Å². The number of carboxylic acid groups (broad SMARTS) is 1. The zero-order valence-electron chi connectivity index (χ0n) is 14.3. The molecule has 0 atom stereocenters. The Morgan fingerprint density at radius 3 is 2.58 bits per heavy atom. The highest BCUT2D eigenvalue weighted by Crippen LogP contribution is 2.25. The molecule has 0 saturated carbocycles. The standard InChI is InChI=1S/C19H20ClNO4S/c1-2-26-17-8-5-14(20)11-16(17)19(24)21-10-9-13-3-6-15(7-4-13)25-12-18(22)23/h3-8,11H,2,9-10,12H2,1H3,(H,21,24)(H,22,23). The van der Waals surface area contributed by atoms with Crippen molar-refractivity contribution in [2.45, 2.75) is 18.2 Å². The zero-order chi connectivity index (χ0) is 18.9. The summed E-state index contributed by atoms with van der Waals surface area (Å²) in [4.78, 5) is 23.8. The molecule has 0 bridgehead atoms. The first-order valence-electron chi connectivity index (χ1n) is 8.13. The third kappa shape index (κ3) is 6.28. The molecule has 2 N–H and O–H groups in total. The molecule has 0 unspecified atom stereocenters. The molecule has 0 aliphatic rings. The van der Waals surface area contributed by atoms with Crippen molar-refractivity contribution in [3.63, 3.8) is 0 Å². The van der Waals surface area contributed by atoms with E-state index in [1.54, 1.807) is 36.0 Å². The van der Waals surface area contributed by atoms with Gasteiger partial charge in [-0.25, -0.2) is 4.79 Å². The van der Waals surface area contributed by atoms with Crippen LogP contribution in [-0.2, 0) is 11.2 Å². The van der Waals surface area contributed by atoms with E-state index in [1.165, 1.54) is 0 Å². The number of carbonyl (C=O) groups is 2. The van der Waals surface area contributed by atoms with Gasteiger partial charge < -0.3 is 15.2 Å². The zero-order valence-corrected chi connectivity index (χ0v) is 15.9. The fourth-order valence-electron chi connectivity index (χ4n) is 2.27. The Balaban J connectivity index is 1.88. The fourth-order valence-corrected chi connectivity index (χ4v) is 3.23. The number of nitrogens with one attached hydrogen (secondary N) is 1. The van der Waals surface area contributed by atoms with Gasteiger partial charge in [-0.3, -0.25) is 4.79 Å². The monoisotopic (exact) mass is 393 g/mol. The Morgan fingerprint density at radius 1 is 1.19 bits per heavy atom. The van der Waals surface area contributed by atoms with Crippen LogP contribution in [0.25, 0.3) is 0 Å². The first-order chi connectivity index (χ1) is 12.5. The van der Waals surface area contributed by atoms with Crippen molar-refractivity contribution in [1.29, 1.82) is 0 Å². The van der Waals surface area contributed by atoms with Gasteiger partial charge in [-0.05, 0) is 48.1 Å². The van der Waals surface area contributed by atoms with Crippen LogP contribution in [0.4, 0.5) is 0 Å². The average molecular weight is 394 g/mol. The van der Waals surface area contributed by atoms with Crippen molar-refractivity contribution in [1.82, 2.24) is 5.32 Å². The van der Waals surface area contributed by atoms with Crippen LogP contribution in [0.5, 0.6) is 5.75 Å². The van der Waals surface area contributed by atoms with Gasteiger partial charge in [0.15, 0.2) is 6.61 Å². The summed E-state index contributed by atoms with van der Waals surface area (Å²) in [6, 6.07) is 12.5. The second kappa shape index (κ2) is 10.1. The Bertz CT molecular complexity index is 765. The van der Waals surface area contributed by atoms with Crippen molar-refractivity contribution in [2.75, 3.05) is 18.9 Å². The maximum absolute atomic E-state index is 12.4. The van der Waals surface area contributed by atoms with Crippen molar-refractivity contribution < 1.29 is 19.4 Å². The molecule has 26 heavy (non-hydrogen) atoms. The highest BCUT2D eigenvalue weighted by Gasteiger charge is 2.12. The van der Waals surface area contributed by atoms with Crippen LogP contribution in [0.1, 0.15) is 22.8 Å². The van der Waals surface area contributed by atoms with E-state index in [4.69, 9.17) is 21.4 Å². The molecule has 0 spiro atoms. The molecular formula is C19H20ClNO4S. The van der Waals surface area contributed by atoms with Gasteiger partial charge in [0.2, 0.25) is 0 Å². The van der Waals surface area contributed by atoms with E-state index in [9.17, 15) is 9.59 Å². The summed E-state index contributed by atoms with van der Waals surface area (Å²) in [6.45, 7) is 2.15. The van der Waals surface area contributed by atoms with Crippen LogP contribution in [0.2, 0.25) is 5.02 Å². The van der Waals surface area contributed by atoms with Gasteiger partial charge in [-0.1, -0.05) is 30.7 Å². The Morgan fingerprint density at radius 2 is 1.92 bits per heavy atom. The van der Waals surface area contributed by atoms with Crippen molar-refractivity contribution in [2.24, 2.45) is 0 Å². The molecule has 1 amide bonds. The number of hydrogen-bond donors (Lipinski definition) is 2. The van der Waals surface area contributed by atoms with Gasteiger partial charge in [-0.15, -0.1) is 11.8 Å². The molecule has 0 fully saturated rings. The number of benzene rings is 2. The lowest BCUT2D eigenvalue weighted by atomic mass is 10.1. The SMILES string of the molecule is CCSc1ccc(Cl)cc1C(=O)NCCc1ccc(OCC(=O)O)cc1. The minimum absolute atomic E-state index is 0.148. The lowest BCUT2D eigenvalue weighted by molar-refractivity contribution is -0.139. The third-order valence-corrected chi connectivity index (χ3v) is 4.66. The van der Waals surface area contributed by atoms with E-state index >= 15 is 0 Å². The Hall–Kier alpha value is -2.18. The predicted octanol–water partition coefficient (Wildman–Crippen LogP) is 3.89. The van der Waals surface area contributed by atoms with Gasteiger partial charge in [0.1, 0.15) is 5.75 Å². The summed E-state index contributed by atoms with van der Waals surface area (Å²) in [6.07, 6.45) is 0.655. The van der Waals surface area contributed by atoms with Gasteiger partial charge in [-0.2, -0.15) is 0 Å². The average Bonchev–Trinajstić information content (AvgIpc) is 2.62. The highest BCUT2D eigenvalue weighted by molar-refractivity contribution is 7.99. The fraction of sp³-hybridized carbons (Fsp3) is 0.263. The van der Waals surface area contributed by atoms with Crippen molar-refractivity contribution in [3.8, 4) is 5.75 Å². The number of aliphatic carboxylic acids is 1. The van der Waals surface area contributed by atoms with Crippen LogP contribution in [0.3, 0.4) is 0 Å². The maximum atomic E-state index is 12.4. The van der Waals surface area contributed by atoms with Crippen LogP contribution >= 0.6 is 23.4 Å². The second-order valence-electron chi connectivity index (χ2n) is 5.41. The van der Waals surface area contributed by atoms with Gasteiger partial charge in [0.25, 0.3) is 5.91 Å². The first kappa shape index (κ1) is 20.1. The molecule has 138 valence electrons. The molecule has 0 heterocycles. The number of rotatable bonds is 9. The second-order valence-corrected chi connectivity index (χ2v) is 7.15. The van der Waals surface area contributed by atoms with E-state index in [0.717, 1.165) is 16.2 Å². The number of carbonyl (C=O) groups excluding carboxylic acids is 1. The summed E-state index contributed by atoms with van der Waals surface area (Å²) < 4.78 is 5.09. The molecule has 0 aliphatic carbocycles. The summed E-state index contributed by atoms with van der Waals surface area (Å²) in [5.74, 6) is 0.210. The molecule has 0 aliphatic heterocycles. The summed E-state index contributed by atoms with van der Waals surface area (Å²) in [5.41, 5.74) is 1.60. The van der Waals surface area contributed by atoms with E-state index in [0.29, 0.717) is 29.3 Å². The largest absolute Gasteiger partial charge is 0.482 e. The molecule has 2 aromatic carbocycles. The van der Waals surface area contributed by atoms with Crippen LogP contribution in [-0.4, -0.2) is 35.9 Å².